The Balaban J connectivity index is 3.24. The molecule has 0 aliphatic heterocycles. The molecule has 0 bridgehead atoms. The van der Waals surface area contributed by atoms with E-state index in [1.54, 1.807) is 0 Å². The molecule has 114 valence electrons. The summed E-state index contributed by atoms with van der Waals surface area (Å²) in [4.78, 5) is 7.00. The molecular formula is C17H30N2O. The van der Waals surface area contributed by atoms with Crippen molar-refractivity contribution < 1.29 is 5.11 Å². The van der Waals surface area contributed by atoms with Crippen LogP contribution < -0.4 is 4.90 Å². The Morgan fingerprint density at radius 2 is 1.70 bits per heavy atom. The summed E-state index contributed by atoms with van der Waals surface area (Å²) in [5.41, 5.74) is 2.10. The maximum Gasteiger partial charge on any atom is 0.129 e. The topological polar surface area (TPSA) is 36.4 Å². The first-order chi connectivity index (χ1) is 8.96. The fourth-order valence-electron chi connectivity index (χ4n) is 2.01. The minimum absolute atomic E-state index is 0.0221. The smallest absolute Gasteiger partial charge is 0.129 e. The molecule has 3 heteroatoms. The molecule has 1 heterocycles. The zero-order valence-electron chi connectivity index (χ0n) is 14.3. The van der Waals surface area contributed by atoms with E-state index in [0.29, 0.717) is 6.04 Å². The molecule has 0 aliphatic rings. The van der Waals surface area contributed by atoms with Crippen LogP contribution in [0.4, 0.5) is 5.82 Å². The molecule has 0 saturated heterocycles. The van der Waals surface area contributed by atoms with Crippen molar-refractivity contribution in [1.82, 2.24) is 4.98 Å². The number of pyridine rings is 1. The Bertz CT molecular complexity index is 455. The van der Waals surface area contributed by atoms with E-state index >= 15 is 0 Å². The highest BCUT2D eigenvalue weighted by Gasteiger charge is 2.26. The van der Waals surface area contributed by atoms with Gasteiger partial charge in [-0.15, -0.1) is 0 Å². The predicted molar refractivity (Wildman–Crippen MR) is 86.2 cm³/mol. The lowest BCUT2D eigenvalue weighted by molar-refractivity contribution is 0.281. The lowest BCUT2D eigenvalue weighted by Gasteiger charge is -2.36. The Morgan fingerprint density at radius 1 is 1.15 bits per heavy atom. The number of hydrogen-bond donors (Lipinski definition) is 1. The molecule has 0 aromatic carbocycles. The Hall–Kier alpha value is -1.09. The highest BCUT2D eigenvalue weighted by molar-refractivity contribution is 5.44. The van der Waals surface area contributed by atoms with E-state index in [0.717, 1.165) is 17.1 Å². The Kier molecular flexibility index (Phi) is 4.86. The molecule has 0 radical (unpaired) electrons. The van der Waals surface area contributed by atoms with Gasteiger partial charge in [-0.1, -0.05) is 41.5 Å². The SMILES string of the molecule is CC(N(C)c1cc(CO)cc(C(C)(C)C)n1)C(C)(C)C. The molecule has 0 fully saturated rings. The fraction of sp³-hybridized carbons (Fsp3) is 0.706. The second-order valence-corrected chi connectivity index (χ2v) is 7.78. The van der Waals surface area contributed by atoms with Crippen molar-refractivity contribution in [3.8, 4) is 0 Å². The fourth-order valence-corrected chi connectivity index (χ4v) is 2.01. The predicted octanol–water partition coefficient (Wildman–Crippen LogP) is 3.74. The van der Waals surface area contributed by atoms with E-state index in [2.05, 4.69) is 60.4 Å². The van der Waals surface area contributed by atoms with Crippen molar-refractivity contribution in [2.24, 2.45) is 5.41 Å². The van der Waals surface area contributed by atoms with E-state index in [9.17, 15) is 5.11 Å². The summed E-state index contributed by atoms with van der Waals surface area (Å²) in [5.74, 6) is 0.934. The van der Waals surface area contributed by atoms with Crippen molar-refractivity contribution in [3.05, 3.63) is 23.4 Å². The Labute approximate surface area is 124 Å². The lowest BCUT2D eigenvalue weighted by Crippen LogP contribution is -2.40. The second-order valence-electron chi connectivity index (χ2n) is 7.78. The van der Waals surface area contributed by atoms with Crippen molar-refractivity contribution in [2.45, 2.75) is 66.5 Å². The number of aliphatic hydroxyl groups excluding tert-OH is 1. The number of hydrogen-bond acceptors (Lipinski definition) is 3. The van der Waals surface area contributed by atoms with Crippen LogP contribution in [0.1, 0.15) is 59.7 Å². The number of rotatable bonds is 3. The number of anilines is 1. The molecular weight excluding hydrogens is 248 g/mol. The van der Waals surface area contributed by atoms with Gasteiger partial charge >= 0.3 is 0 Å². The van der Waals surface area contributed by atoms with Gasteiger partial charge in [0.05, 0.1) is 6.61 Å². The van der Waals surface area contributed by atoms with E-state index in [-0.39, 0.29) is 17.4 Å². The molecule has 1 unspecified atom stereocenters. The number of nitrogens with zero attached hydrogens (tertiary/aromatic N) is 2. The molecule has 1 atom stereocenters. The van der Waals surface area contributed by atoms with E-state index in [1.165, 1.54) is 0 Å². The van der Waals surface area contributed by atoms with Crippen molar-refractivity contribution in [3.63, 3.8) is 0 Å². The van der Waals surface area contributed by atoms with Gasteiger partial charge in [0.1, 0.15) is 5.82 Å². The first kappa shape index (κ1) is 17.0. The van der Waals surface area contributed by atoms with Gasteiger partial charge in [0.2, 0.25) is 0 Å². The zero-order valence-corrected chi connectivity index (χ0v) is 14.3. The highest BCUT2D eigenvalue weighted by atomic mass is 16.3. The van der Waals surface area contributed by atoms with Gasteiger partial charge in [-0.25, -0.2) is 4.98 Å². The van der Waals surface area contributed by atoms with Crippen LogP contribution in [0.25, 0.3) is 0 Å². The van der Waals surface area contributed by atoms with Gasteiger partial charge in [0.15, 0.2) is 0 Å². The van der Waals surface area contributed by atoms with E-state index in [1.807, 2.05) is 12.1 Å². The van der Waals surface area contributed by atoms with E-state index in [4.69, 9.17) is 4.98 Å². The van der Waals surface area contributed by atoms with Gasteiger partial charge < -0.3 is 10.0 Å². The van der Waals surface area contributed by atoms with Crippen LogP contribution in [0.5, 0.6) is 0 Å². The van der Waals surface area contributed by atoms with Crippen molar-refractivity contribution >= 4 is 5.82 Å². The van der Waals surface area contributed by atoms with Gasteiger partial charge in [0, 0.05) is 24.2 Å². The molecule has 1 aromatic rings. The second kappa shape index (κ2) is 5.72. The first-order valence-electron chi connectivity index (χ1n) is 7.32. The van der Waals surface area contributed by atoms with Gasteiger partial charge in [-0.05, 0) is 30.0 Å². The van der Waals surface area contributed by atoms with Crippen LogP contribution >= 0.6 is 0 Å². The van der Waals surface area contributed by atoms with E-state index < -0.39 is 0 Å². The Morgan fingerprint density at radius 3 is 2.10 bits per heavy atom. The normalized spacial score (nSPS) is 14.2. The number of aromatic nitrogens is 1. The third kappa shape index (κ3) is 3.95. The average molecular weight is 278 g/mol. The first-order valence-corrected chi connectivity index (χ1v) is 7.32. The van der Waals surface area contributed by atoms with Crippen molar-refractivity contribution in [2.75, 3.05) is 11.9 Å². The molecule has 0 amide bonds. The average Bonchev–Trinajstić information content (AvgIpc) is 2.34. The zero-order chi connectivity index (χ0) is 15.7. The molecule has 1 N–H and O–H groups in total. The molecule has 20 heavy (non-hydrogen) atoms. The van der Waals surface area contributed by atoms with Crippen LogP contribution in [-0.2, 0) is 12.0 Å². The molecule has 1 aromatic heterocycles. The number of aliphatic hydroxyl groups is 1. The summed E-state index contributed by atoms with van der Waals surface area (Å²) in [5, 5.41) is 9.49. The third-order valence-corrected chi connectivity index (χ3v) is 4.02. The molecule has 0 aliphatic carbocycles. The molecule has 0 spiro atoms. The molecule has 0 saturated carbocycles. The summed E-state index contributed by atoms with van der Waals surface area (Å²) >= 11 is 0. The summed E-state index contributed by atoms with van der Waals surface area (Å²) in [7, 11) is 2.08. The minimum atomic E-state index is -0.0221. The minimum Gasteiger partial charge on any atom is -0.392 e. The maximum absolute atomic E-state index is 9.49. The maximum atomic E-state index is 9.49. The van der Waals surface area contributed by atoms with Gasteiger partial charge in [0.25, 0.3) is 0 Å². The summed E-state index contributed by atoms with van der Waals surface area (Å²) in [6.45, 7) is 15.4. The molecule has 3 nitrogen and oxygen atoms in total. The van der Waals surface area contributed by atoms with Crippen LogP contribution in [0.15, 0.2) is 12.1 Å². The lowest BCUT2D eigenvalue weighted by atomic mass is 9.87. The molecule has 1 rings (SSSR count). The summed E-state index contributed by atoms with van der Waals surface area (Å²) < 4.78 is 0. The summed E-state index contributed by atoms with van der Waals surface area (Å²) in [6, 6.07) is 4.34. The van der Waals surface area contributed by atoms with Crippen LogP contribution in [0.2, 0.25) is 0 Å². The van der Waals surface area contributed by atoms with Gasteiger partial charge in [-0.2, -0.15) is 0 Å². The van der Waals surface area contributed by atoms with Crippen LogP contribution in [0, 0.1) is 5.41 Å². The monoisotopic (exact) mass is 278 g/mol. The van der Waals surface area contributed by atoms with Crippen LogP contribution in [-0.4, -0.2) is 23.2 Å². The van der Waals surface area contributed by atoms with Crippen molar-refractivity contribution in [1.29, 1.82) is 0 Å². The standard InChI is InChI=1S/C17H30N2O/c1-12(16(2,3)4)19(8)15-10-13(11-20)9-14(18-15)17(5,6)7/h9-10,12,20H,11H2,1-8H3. The van der Waals surface area contributed by atoms with Crippen LogP contribution in [0.3, 0.4) is 0 Å². The third-order valence-electron chi connectivity index (χ3n) is 4.02. The largest absolute Gasteiger partial charge is 0.392 e. The quantitative estimate of drug-likeness (QED) is 0.915. The summed E-state index contributed by atoms with van der Waals surface area (Å²) in [6.07, 6.45) is 0. The van der Waals surface area contributed by atoms with Gasteiger partial charge in [-0.3, -0.25) is 0 Å². The highest BCUT2D eigenvalue weighted by Crippen LogP contribution is 2.29.